The second-order valence-electron chi connectivity index (χ2n) is 0.983. The van der Waals surface area contributed by atoms with Crippen LogP contribution in [0.1, 0.15) is 13.8 Å². The van der Waals surface area contributed by atoms with Gasteiger partial charge in [-0.15, -0.1) is 13.2 Å². The molecule has 0 rings (SSSR count). The molecule has 0 aromatic carbocycles. The third-order valence-corrected chi connectivity index (χ3v) is 0. The van der Waals surface area contributed by atoms with Crippen molar-refractivity contribution in [2.45, 2.75) is 13.8 Å². The summed E-state index contributed by atoms with van der Waals surface area (Å²) in [5, 5.41) is 17.8. The molecule has 0 aliphatic rings. The van der Waals surface area contributed by atoms with E-state index in [-0.39, 0.29) is 16.8 Å². The number of carboxylic acids is 2. The van der Waals surface area contributed by atoms with E-state index in [1.54, 1.807) is 0 Å². The van der Waals surface area contributed by atoms with Crippen molar-refractivity contribution in [2.75, 3.05) is 0 Å². The monoisotopic (exact) mass is 205 g/mol. The maximum atomic E-state index is 8.89. The van der Waals surface area contributed by atoms with E-state index in [1.165, 1.54) is 0 Å². The standard InChI is InChI=1S/2C2H4O2.C2H4.Co/c2*1-2(3)4;1-2;/h2*1H3,(H,3,4);1-2H2;/q;;;+2/p-2. The van der Waals surface area contributed by atoms with Gasteiger partial charge in [0.25, 0.3) is 0 Å². The first-order chi connectivity index (χ1) is 4.46. The predicted octanol–water partition coefficient (Wildman–Crippen LogP) is -1.69. The van der Waals surface area contributed by atoms with Gasteiger partial charge in [0.2, 0.25) is 0 Å². The minimum atomic E-state index is -1.08. The molecule has 0 unspecified atom stereocenters. The Morgan fingerprint density at radius 3 is 1.00 bits per heavy atom. The Balaban J connectivity index is -0.0000000339. The number of rotatable bonds is 0. The minimum Gasteiger partial charge on any atom is -0.550 e. The molecule has 0 heterocycles. The van der Waals surface area contributed by atoms with Crippen LogP contribution in [0.15, 0.2) is 13.2 Å². The molecule has 0 bridgehead atoms. The van der Waals surface area contributed by atoms with Crippen LogP contribution in [0.3, 0.4) is 0 Å². The van der Waals surface area contributed by atoms with Crippen LogP contribution in [-0.4, -0.2) is 11.9 Å². The zero-order valence-corrected chi connectivity index (χ0v) is 7.42. The Kier molecular flexibility index (Phi) is 46.7. The molecule has 0 N–H and O–H groups in total. The molecular formula is C6H10CoO4. The van der Waals surface area contributed by atoms with Gasteiger partial charge in [-0.2, -0.15) is 0 Å². The Bertz CT molecular complexity index is 82.8. The number of hydrogen-bond donors (Lipinski definition) is 0. The molecule has 67 valence electrons. The Morgan fingerprint density at radius 1 is 1.00 bits per heavy atom. The fraction of sp³-hybridized carbons (Fsp3) is 0.333. The van der Waals surface area contributed by atoms with Gasteiger partial charge in [-0.1, -0.05) is 0 Å². The number of carbonyl (C=O) groups excluding carboxylic acids is 2. The predicted molar refractivity (Wildman–Crippen MR) is 32.6 cm³/mol. The summed E-state index contributed by atoms with van der Waals surface area (Å²) in [6, 6.07) is 0. The van der Waals surface area contributed by atoms with Crippen molar-refractivity contribution in [3.05, 3.63) is 13.2 Å². The minimum absolute atomic E-state index is 0. The number of hydrogen-bond acceptors (Lipinski definition) is 4. The van der Waals surface area contributed by atoms with Gasteiger partial charge in [0.15, 0.2) is 0 Å². The van der Waals surface area contributed by atoms with E-state index >= 15 is 0 Å². The van der Waals surface area contributed by atoms with Crippen LogP contribution in [0.4, 0.5) is 0 Å². The van der Waals surface area contributed by atoms with E-state index in [2.05, 4.69) is 13.2 Å². The van der Waals surface area contributed by atoms with Crippen molar-refractivity contribution in [3.8, 4) is 0 Å². The van der Waals surface area contributed by atoms with Crippen LogP contribution in [0.2, 0.25) is 0 Å². The van der Waals surface area contributed by atoms with Crippen molar-refractivity contribution in [2.24, 2.45) is 0 Å². The van der Waals surface area contributed by atoms with E-state index in [0.717, 1.165) is 13.8 Å². The third-order valence-electron chi connectivity index (χ3n) is 0. The maximum absolute atomic E-state index is 8.89. The first-order valence-electron chi connectivity index (χ1n) is 2.32. The maximum Gasteiger partial charge on any atom is 2.00 e. The molecular weight excluding hydrogens is 195 g/mol. The summed E-state index contributed by atoms with van der Waals surface area (Å²) in [4.78, 5) is 17.8. The molecule has 0 aromatic heterocycles. The van der Waals surface area contributed by atoms with Gasteiger partial charge in [0.1, 0.15) is 0 Å². The van der Waals surface area contributed by atoms with Gasteiger partial charge in [-0.25, -0.2) is 0 Å². The second kappa shape index (κ2) is 22.9. The van der Waals surface area contributed by atoms with Crippen LogP contribution < -0.4 is 10.2 Å². The van der Waals surface area contributed by atoms with Crippen molar-refractivity contribution >= 4 is 11.9 Å². The topological polar surface area (TPSA) is 80.3 Å². The van der Waals surface area contributed by atoms with Gasteiger partial charge >= 0.3 is 16.8 Å². The molecule has 0 aliphatic heterocycles. The van der Waals surface area contributed by atoms with E-state index in [1.807, 2.05) is 0 Å². The molecule has 11 heavy (non-hydrogen) atoms. The van der Waals surface area contributed by atoms with Crippen molar-refractivity contribution in [1.29, 1.82) is 0 Å². The van der Waals surface area contributed by atoms with Crippen LogP contribution in [0.5, 0.6) is 0 Å². The van der Waals surface area contributed by atoms with Crippen LogP contribution in [0.25, 0.3) is 0 Å². The Labute approximate surface area is 76.1 Å². The van der Waals surface area contributed by atoms with Gasteiger partial charge in [0, 0.05) is 11.9 Å². The zero-order chi connectivity index (χ0) is 9.15. The summed E-state index contributed by atoms with van der Waals surface area (Å²) < 4.78 is 0. The first-order valence-corrected chi connectivity index (χ1v) is 2.32. The van der Waals surface area contributed by atoms with Gasteiger partial charge in [-0.3, -0.25) is 0 Å². The van der Waals surface area contributed by atoms with Gasteiger partial charge < -0.3 is 19.8 Å². The van der Waals surface area contributed by atoms with Crippen molar-refractivity contribution < 1.29 is 36.6 Å². The Hall–Kier alpha value is -0.814. The molecule has 0 aromatic rings. The van der Waals surface area contributed by atoms with E-state index in [9.17, 15) is 0 Å². The van der Waals surface area contributed by atoms with E-state index in [0.29, 0.717) is 0 Å². The Morgan fingerprint density at radius 2 is 1.00 bits per heavy atom. The van der Waals surface area contributed by atoms with Crippen LogP contribution in [0, 0.1) is 0 Å². The number of carboxylic acid groups (broad SMARTS) is 2. The molecule has 0 saturated heterocycles. The molecule has 0 amide bonds. The van der Waals surface area contributed by atoms with Gasteiger partial charge in [0.05, 0.1) is 0 Å². The third kappa shape index (κ3) is 717. The fourth-order valence-corrected chi connectivity index (χ4v) is 0. The number of carbonyl (C=O) groups is 2. The average Bonchev–Trinajstić information content (AvgIpc) is 1.66. The average molecular weight is 205 g/mol. The molecule has 1 radical (unpaired) electrons. The van der Waals surface area contributed by atoms with Gasteiger partial charge in [-0.05, 0) is 13.8 Å². The van der Waals surface area contributed by atoms with E-state index in [4.69, 9.17) is 19.8 Å². The summed E-state index contributed by atoms with van der Waals surface area (Å²) in [6.07, 6.45) is 0. The fourth-order valence-electron chi connectivity index (χ4n) is 0. The quantitative estimate of drug-likeness (QED) is 0.442. The molecule has 0 fully saturated rings. The van der Waals surface area contributed by atoms with Crippen LogP contribution >= 0.6 is 0 Å². The SMILES string of the molecule is C=C.CC(=O)[O-].CC(=O)[O-].[Co+2]. The molecule has 0 aliphatic carbocycles. The van der Waals surface area contributed by atoms with Crippen molar-refractivity contribution in [3.63, 3.8) is 0 Å². The normalized spacial score (nSPS) is 4.91. The molecule has 5 heteroatoms. The molecule has 0 atom stereocenters. The summed E-state index contributed by atoms with van der Waals surface area (Å²) >= 11 is 0. The summed E-state index contributed by atoms with van der Waals surface area (Å²) in [5.41, 5.74) is 0. The van der Waals surface area contributed by atoms with Crippen molar-refractivity contribution in [1.82, 2.24) is 0 Å². The zero-order valence-electron chi connectivity index (χ0n) is 6.38. The smallest absolute Gasteiger partial charge is 0.550 e. The summed E-state index contributed by atoms with van der Waals surface area (Å²) in [6.45, 7) is 7.94. The number of aliphatic carboxylic acids is 2. The molecule has 0 spiro atoms. The van der Waals surface area contributed by atoms with E-state index < -0.39 is 11.9 Å². The largest absolute Gasteiger partial charge is 2.00 e. The second-order valence-corrected chi connectivity index (χ2v) is 0.983. The van der Waals surface area contributed by atoms with Crippen LogP contribution in [-0.2, 0) is 26.4 Å². The molecule has 4 nitrogen and oxygen atoms in total. The summed E-state index contributed by atoms with van der Waals surface area (Å²) in [7, 11) is 0. The summed E-state index contributed by atoms with van der Waals surface area (Å²) in [5.74, 6) is -2.17. The first kappa shape index (κ1) is 22.5. The molecule has 0 saturated carbocycles.